The average Bonchev–Trinajstić information content (AvgIpc) is 3.68. The molecule has 218 valence electrons. The van der Waals surface area contributed by atoms with Gasteiger partial charge in [0.15, 0.2) is 5.65 Å². The fourth-order valence-corrected chi connectivity index (χ4v) is 6.64. The maximum Gasteiger partial charge on any atom is 0.224 e. The largest absolute Gasteiger partial charge is 0.353 e. The van der Waals surface area contributed by atoms with Crippen molar-refractivity contribution in [2.45, 2.75) is 78.6 Å². The van der Waals surface area contributed by atoms with E-state index in [0.29, 0.717) is 32.5 Å². The van der Waals surface area contributed by atoms with Crippen molar-refractivity contribution in [3.05, 3.63) is 41.3 Å². The van der Waals surface area contributed by atoms with Crippen LogP contribution in [-0.4, -0.2) is 91.3 Å². The van der Waals surface area contributed by atoms with Gasteiger partial charge in [0.2, 0.25) is 5.91 Å². The minimum absolute atomic E-state index is 0.0649. The number of hydrogen-bond acceptors (Lipinski definition) is 6. The third-order valence-corrected chi connectivity index (χ3v) is 9.10. The van der Waals surface area contributed by atoms with Crippen LogP contribution in [0.15, 0.2) is 24.7 Å². The van der Waals surface area contributed by atoms with Crippen molar-refractivity contribution in [1.82, 2.24) is 34.4 Å². The number of nitrogens with zero attached hydrogens (tertiary/aromatic N) is 7. The highest BCUT2D eigenvalue weighted by atomic mass is 19.1. The van der Waals surface area contributed by atoms with Gasteiger partial charge >= 0.3 is 0 Å². The zero-order valence-corrected chi connectivity index (χ0v) is 25.0. The van der Waals surface area contributed by atoms with Crippen LogP contribution in [0.2, 0.25) is 0 Å². The Balaban J connectivity index is 1.27. The van der Waals surface area contributed by atoms with Crippen LogP contribution in [0.1, 0.15) is 63.1 Å². The van der Waals surface area contributed by atoms with E-state index in [1.807, 2.05) is 9.42 Å². The van der Waals surface area contributed by atoms with E-state index in [4.69, 9.17) is 4.98 Å². The fourth-order valence-electron chi connectivity index (χ4n) is 6.64. The molecule has 0 bridgehead atoms. The quantitative estimate of drug-likeness (QED) is 0.362. The zero-order valence-electron chi connectivity index (χ0n) is 25.0. The molecule has 6 heterocycles. The van der Waals surface area contributed by atoms with Crippen molar-refractivity contribution < 1.29 is 9.18 Å². The molecule has 4 aromatic rings. The molecule has 2 aliphatic rings. The van der Waals surface area contributed by atoms with E-state index in [0.717, 1.165) is 52.4 Å². The van der Waals surface area contributed by atoms with Gasteiger partial charge in [0.1, 0.15) is 18.3 Å². The highest BCUT2D eigenvalue weighted by Gasteiger charge is 2.33. The molecule has 9 nitrogen and oxygen atoms in total. The first-order valence-corrected chi connectivity index (χ1v) is 14.9. The summed E-state index contributed by atoms with van der Waals surface area (Å²) in [6.07, 6.45) is 3.92. The lowest BCUT2D eigenvalue weighted by molar-refractivity contribution is -0.134. The second kappa shape index (κ2) is 10.7. The molecule has 41 heavy (non-hydrogen) atoms. The molecule has 0 aromatic carbocycles. The van der Waals surface area contributed by atoms with Gasteiger partial charge in [-0.3, -0.25) is 9.69 Å². The molecule has 0 saturated carbocycles. The molecular formula is C31H41FN8O. The Kier molecular flexibility index (Phi) is 7.21. The summed E-state index contributed by atoms with van der Waals surface area (Å²) < 4.78 is 15.4. The number of rotatable bonds is 6. The second-order valence-electron chi connectivity index (χ2n) is 12.3. The van der Waals surface area contributed by atoms with Crippen molar-refractivity contribution in [3.8, 4) is 11.3 Å². The number of alkyl halides is 1. The van der Waals surface area contributed by atoms with E-state index in [2.05, 4.69) is 84.7 Å². The number of carbonyl (C=O) groups excluding carboxylic acids is 1. The van der Waals surface area contributed by atoms with Crippen molar-refractivity contribution in [1.29, 1.82) is 0 Å². The van der Waals surface area contributed by atoms with E-state index in [1.165, 1.54) is 11.1 Å². The molecule has 1 unspecified atom stereocenters. The van der Waals surface area contributed by atoms with E-state index >= 15 is 0 Å². The fraction of sp³-hybridized carbons (Fsp3) is 0.548. The molecule has 0 spiro atoms. The molecule has 10 heteroatoms. The molecule has 2 fully saturated rings. The molecule has 2 saturated heterocycles. The van der Waals surface area contributed by atoms with E-state index in [1.54, 1.807) is 6.33 Å². The summed E-state index contributed by atoms with van der Waals surface area (Å²) in [7, 11) is 0. The Bertz CT molecular complexity index is 1590. The average molecular weight is 561 g/mol. The number of piperazine rings is 1. The van der Waals surface area contributed by atoms with Crippen molar-refractivity contribution in [3.63, 3.8) is 0 Å². The van der Waals surface area contributed by atoms with Crippen molar-refractivity contribution in [2.24, 2.45) is 0 Å². The number of fused-ring (bicyclic) bond motifs is 2. The van der Waals surface area contributed by atoms with Gasteiger partial charge < -0.3 is 14.8 Å². The normalized spacial score (nSPS) is 22.1. The Morgan fingerprint density at radius 2 is 1.93 bits per heavy atom. The molecule has 6 rings (SSSR count). The minimum atomic E-state index is -0.754. The molecule has 0 radical (unpaired) electrons. The summed E-state index contributed by atoms with van der Waals surface area (Å²) in [5.74, 6) is 1.34. The first kappa shape index (κ1) is 27.6. The van der Waals surface area contributed by atoms with Crippen LogP contribution in [0.5, 0.6) is 0 Å². The Hall–Kier alpha value is -3.53. The summed E-state index contributed by atoms with van der Waals surface area (Å²) in [4.78, 5) is 32.9. The molecular weight excluding hydrogens is 519 g/mol. The topological polar surface area (TPSA) is 85.7 Å². The van der Waals surface area contributed by atoms with Crippen molar-refractivity contribution in [2.75, 3.05) is 37.6 Å². The summed E-state index contributed by atoms with van der Waals surface area (Å²) in [5.41, 5.74) is 8.53. The van der Waals surface area contributed by atoms with E-state index in [-0.39, 0.29) is 23.9 Å². The van der Waals surface area contributed by atoms with Crippen molar-refractivity contribution >= 4 is 28.4 Å². The van der Waals surface area contributed by atoms with Crippen LogP contribution < -0.4 is 4.90 Å². The Morgan fingerprint density at radius 3 is 2.66 bits per heavy atom. The van der Waals surface area contributed by atoms with Gasteiger partial charge in [0.25, 0.3) is 0 Å². The summed E-state index contributed by atoms with van der Waals surface area (Å²) in [6, 6.07) is 4.41. The number of aromatic amines is 1. The molecule has 2 aliphatic heterocycles. The summed E-state index contributed by atoms with van der Waals surface area (Å²) >= 11 is 0. The standard InChI is InChI=1S/C31H41FN8O/c1-18(2)28-29(24-16-40-31(33-17-34-40)22(6)21(24)5)35-25-7-8-26(36-30(25)28)38-13-20(4)39(14-19(38)3)27(41)10-12-37-11-9-23(32)15-37/h7-8,16-20,23,35H,9-15H2,1-6H3/t19-,20+,23?/m0/s1. The monoisotopic (exact) mass is 560 g/mol. The number of likely N-dealkylation sites (tertiary alicyclic amines) is 1. The van der Waals surface area contributed by atoms with Gasteiger partial charge in [0.05, 0.1) is 16.7 Å². The van der Waals surface area contributed by atoms with Crippen LogP contribution >= 0.6 is 0 Å². The number of anilines is 1. The van der Waals surface area contributed by atoms with Gasteiger partial charge in [-0.05, 0) is 63.3 Å². The smallest absolute Gasteiger partial charge is 0.224 e. The third-order valence-electron chi connectivity index (χ3n) is 9.10. The van der Waals surface area contributed by atoms with Crippen LogP contribution in [-0.2, 0) is 4.79 Å². The highest BCUT2D eigenvalue weighted by molar-refractivity contribution is 5.90. The van der Waals surface area contributed by atoms with Crippen LogP contribution in [0.25, 0.3) is 27.9 Å². The Labute approximate surface area is 240 Å². The molecule has 1 amide bonds. The van der Waals surface area contributed by atoms with Crippen LogP contribution in [0.4, 0.5) is 10.2 Å². The lowest BCUT2D eigenvalue weighted by Crippen LogP contribution is -2.58. The van der Waals surface area contributed by atoms with E-state index < -0.39 is 6.17 Å². The van der Waals surface area contributed by atoms with Crippen LogP contribution in [0, 0.1) is 13.8 Å². The number of halogens is 1. The first-order chi connectivity index (χ1) is 19.6. The second-order valence-corrected chi connectivity index (χ2v) is 12.3. The third kappa shape index (κ3) is 4.96. The van der Waals surface area contributed by atoms with Gasteiger partial charge in [-0.25, -0.2) is 18.9 Å². The molecule has 4 aromatic heterocycles. The predicted molar refractivity (Wildman–Crippen MR) is 160 cm³/mol. The van der Waals surface area contributed by atoms with Gasteiger partial charge in [0, 0.05) is 68.6 Å². The maximum absolute atomic E-state index is 13.5. The SMILES string of the molecule is Cc1c(-c2[nH]c3ccc(N4C[C@@H](C)N(C(=O)CCN5CCC(F)C5)C[C@@H]4C)nc3c2C(C)C)cn2ncnc2c1C. The van der Waals surface area contributed by atoms with E-state index in [9.17, 15) is 9.18 Å². The number of nitrogens with one attached hydrogen (secondary N) is 1. The number of carbonyl (C=O) groups is 1. The van der Waals surface area contributed by atoms with Crippen LogP contribution in [0.3, 0.4) is 0 Å². The molecule has 3 atom stereocenters. The maximum atomic E-state index is 13.5. The summed E-state index contributed by atoms with van der Waals surface area (Å²) in [5, 5.41) is 4.40. The lowest BCUT2D eigenvalue weighted by atomic mass is 9.95. The zero-order chi connectivity index (χ0) is 29.0. The highest BCUT2D eigenvalue weighted by Crippen LogP contribution is 2.38. The molecule has 0 aliphatic carbocycles. The Morgan fingerprint density at radius 1 is 1.12 bits per heavy atom. The number of amides is 1. The number of H-pyrrole nitrogens is 1. The number of hydrogen-bond donors (Lipinski definition) is 1. The number of pyridine rings is 2. The molecule has 1 N–H and O–H groups in total. The van der Waals surface area contributed by atoms with Gasteiger partial charge in [-0.1, -0.05) is 13.8 Å². The first-order valence-electron chi connectivity index (χ1n) is 14.9. The summed E-state index contributed by atoms with van der Waals surface area (Å²) in [6.45, 7) is 16.1. The lowest BCUT2D eigenvalue weighted by Gasteiger charge is -2.45. The van der Waals surface area contributed by atoms with Gasteiger partial charge in [-0.15, -0.1) is 0 Å². The minimum Gasteiger partial charge on any atom is -0.353 e. The number of aryl methyl sites for hydroxylation is 1. The van der Waals surface area contributed by atoms with Gasteiger partial charge in [-0.2, -0.15) is 5.10 Å². The number of aromatic nitrogens is 5. The predicted octanol–water partition coefficient (Wildman–Crippen LogP) is 4.87.